The van der Waals surface area contributed by atoms with Crippen molar-refractivity contribution >= 4 is 29.0 Å². The molecule has 4 aromatic rings. The van der Waals surface area contributed by atoms with Gasteiger partial charge in [0.05, 0.1) is 13.2 Å². The van der Waals surface area contributed by atoms with Gasteiger partial charge in [-0.3, -0.25) is 0 Å². The van der Waals surface area contributed by atoms with Crippen molar-refractivity contribution in [1.82, 2.24) is 15.2 Å². The number of rotatable bonds is 9. The van der Waals surface area contributed by atoms with Crippen LogP contribution in [0.2, 0.25) is 0 Å². The number of nitrogens with zero attached hydrogens (tertiary/aromatic N) is 1. The largest absolute Gasteiger partial charge is 0.466 e. The summed E-state index contributed by atoms with van der Waals surface area (Å²) in [6, 6.07) is 24.7. The number of fused-ring (bicyclic) bond motifs is 2. The second kappa shape index (κ2) is 11.8. The Morgan fingerprint density at radius 2 is 1.87 bits per heavy atom. The van der Waals surface area contributed by atoms with E-state index in [4.69, 9.17) is 4.74 Å². The van der Waals surface area contributed by atoms with Gasteiger partial charge in [-0.25, -0.2) is 9.59 Å². The highest BCUT2D eigenvalue weighted by Gasteiger charge is 2.31. The van der Waals surface area contributed by atoms with Crippen molar-refractivity contribution in [2.45, 2.75) is 31.7 Å². The number of hydrogen-bond donors (Lipinski definition) is 2. The Morgan fingerprint density at radius 3 is 2.71 bits per heavy atom. The lowest BCUT2D eigenvalue weighted by Gasteiger charge is -2.30. The van der Waals surface area contributed by atoms with Crippen molar-refractivity contribution < 1.29 is 14.3 Å². The molecule has 1 atom stereocenters. The molecule has 0 aliphatic heterocycles. The fourth-order valence-electron chi connectivity index (χ4n) is 5.31. The van der Waals surface area contributed by atoms with E-state index >= 15 is 0 Å². The molecule has 0 spiro atoms. The van der Waals surface area contributed by atoms with E-state index in [1.807, 2.05) is 41.3 Å². The van der Waals surface area contributed by atoms with Crippen LogP contribution in [-0.2, 0) is 28.8 Å². The van der Waals surface area contributed by atoms with E-state index in [1.54, 1.807) is 6.08 Å². The SMILES string of the molecule is COC(=O)/C=C/c1ccc2c(c1)CCC2N(CCc1c[nH]c2ccccc12)C(=O)NCCc1ccccc1. The van der Waals surface area contributed by atoms with Crippen LogP contribution in [0.1, 0.15) is 40.3 Å². The number of urea groups is 1. The summed E-state index contributed by atoms with van der Waals surface area (Å²) in [5.74, 6) is -0.376. The second-order valence-corrected chi connectivity index (χ2v) is 9.64. The van der Waals surface area contributed by atoms with Crippen molar-refractivity contribution in [2.24, 2.45) is 0 Å². The topological polar surface area (TPSA) is 74.4 Å². The lowest BCUT2D eigenvalue weighted by molar-refractivity contribution is -0.134. The molecule has 1 unspecified atom stereocenters. The molecule has 1 heterocycles. The molecule has 6 nitrogen and oxygen atoms in total. The summed E-state index contributed by atoms with van der Waals surface area (Å²) in [6.07, 6.45) is 8.58. The number of hydrogen-bond acceptors (Lipinski definition) is 3. The molecular weight excluding hydrogens is 474 g/mol. The van der Waals surface area contributed by atoms with E-state index in [1.165, 1.54) is 40.8 Å². The second-order valence-electron chi connectivity index (χ2n) is 9.64. The average Bonchev–Trinajstić information content (AvgIpc) is 3.56. The number of ether oxygens (including phenoxy) is 1. The number of esters is 1. The Kier molecular flexibility index (Phi) is 7.88. The van der Waals surface area contributed by atoms with Crippen LogP contribution in [0.3, 0.4) is 0 Å². The smallest absolute Gasteiger partial charge is 0.330 e. The Balaban J connectivity index is 1.34. The lowest BCUT2D eigenvalue weighted by Crippen LogP contribution is -2.43. The zero-order chi connectivity index (χ0) is 26.3. The number of H-pyrrole nitrogens is 1. The maximum atomic E-state index is 13.6. The van der Waals surface area contributed by atoms with Crippen LogP contribution < -0.4 is 5.32 Å². The van der Waals surface area contributed by atoms with E-state index in [-0.39, 0.29) is 18.0 Å². The minimum absolute atomic E-state index is 0.00516. The maximum Gasteiger partial charge on any atom is 0.330 e. The Bertz CT molecular complexity index is 1440. The van der Waals surface area contributed by atoms with Gasteiger partial charge in [0.2, 0.25) is 0 Å². The number of benzene rings is 3. The van der Waals surface area contributed by atoms with Crippen molar-refractivity contribution in [1.29, 1.82) is 0 Å². The van der Waals surface area contributed by atoms with E-state index in [0.29, 0.717) is 13.1 Å². The third kappa shape index (κ3) is 5.80. The number of aromatic amines is 1. The van der Waals surface area contributed by atoms with Crippen LogP contribution >= 0.6 is 0 Å². The van der Waals surface area contributed by atoms with Gasteiger partial charge in [-0.2, -0.15) is 0 Å². The molecule has 2 N–H and O–H groups in total. The Morgan fingerprint density at radius 1 is 1.05 bits per heavy atom. The first kappa shape index (κ1) is 25.3. The maximum absolute atomic E-state index is 13.6. The molecule has 6 heteroatoms. The van der Waals surface area contributed by atoms with Gasteiger partial charge in [0.1, 0.15) is 0 Å². The predicted octanol–water partition coefficient (Wildman–Crippen LogP) is 5.84. The number of amides is 2. The van der Waals surface area contributed by atoms with Crippen molar-refractivity contribution in [3.63, 3.8) is 0 Å². The summed E-state index contributed by atoms with van der Waals surface area (Å²) in [6.45, 7) is 1.20. The van der Waals surface area contributed by atoms with Gasteiger partial charge >= 0.3 is 12.0 Å². The minimum Gasteiger partial charge on any atom is -0.466 e. The van der Waals surface area contributed by atoms with Crippen LogP contribution in [0.25, 0.3) is 17.0 Å². The van der Waals surface area contributed by atoms with Crippen molar-refractivity contribution in [3.8, 4) is 0 Å². The van der Waals surface area contributed by atoms with E-state index in [2.05, 4.69) is 52.9 Å². The molecule has 1 aliphatic rings. The normalized spacial score (nSPS) is 14.5. The highest BCUT2D eigenvalue weighted by Crippen LogP contribution is 2.37. The number of carbonyl (C=O) groups is 2. The molecule has 0 fully saturated rings. The quantitative estimate of drug-likeness (QED) is 0.221. The first-order chi connectivity index (χ1) is 18.6. The summed E-state index contributed by atoms with van der Waals surface area (Å²) in [7, 11) is 1.37. The zero-order valence-electron chi connectivity index (χ0n) is 21.7. The van der Waals surface area contributed by atoms with Gasteiger partial charge < -0.3 is 19.9 Å². The predicted molar refractivity (Wildman–Crippen MR) is 151 cm³/mol. The number of aromatic nitrogens is 1. The lowest BCUT2D eigenvalue weighted by atomic mass is 10.0. The zero-order valence-corrected chi connectivity index (χ0v) is 21.7. The van der Waals surface area contributed by atoms with Crippen LogP contribution in [0.5, 0.6) is 0 Å². The first-order valence-corrected chi connectivity index (χ1v) is 13.1. The first-order valence-electron chi connectivity index (χ1n) is 13.1. The van der Waals surface area contributed by atoms with Crippen LogP contribution in [0.4, 0.5) is 4.79 Å². The van der Waals surface area contributed by atoms with E-state index in [0.717, 1.165) is 36.8 Å². The molecule has 0 bridgehead atoms. The average molecular weight is 508 g/mol. The molecule has 1 aromatic heterocycles. The summed E-state index contributed by atoms with van der Waals surface area (Å²) in [4.78, 5) is 30.4. The summed E-state index contributed by atoms with van der Waals surface area (Å²) in [5.41, 5.74) is 6.88. The third-order valence-electron chi connectivity index (χ3n) is 7.29. The Labute approximate surface area is 223 Å². The number of nitrogens with one attached hydrogen (secondary N) is 2. The number of carbonyl (C=O) groups excluding carboxylic acids is 2. The number of aryl methyl sites for hydroxylation is 1. The Hall–Kier alpha value is -4.32. The summed E-state index contributed by atoms with van der Waals surface area (Å²) in [5, 5.41) is 4.37. The molecule has 0 radical (unpaired) electrons. The number of para-hydroxylation sites is 1. The fraction of sp³-hybridized carbons (Fsp3) is 0.250. The van der Waals surface area contributed by atoms with Crippen LogP contribution in [0, 0.1) is 0 Å². The van der Waals surface area contributed by atoms with Gasteiger partial charge in [-0.15, -0.1) is 0 Å². The summed E-state index contributed by atoms with van der Waals surface area (Å²) >= 11 is 0. The molecule has 38 heavy (non-hydrogen) atoms. The third-order valence-corrected chi connectivity index (χ3v) is 7.29. The summed E-state index contributed by atoms with van der Waals surface area (Å²) < 4.78 is 4.71. The molecule has 1 aliphatic carbocycles. The fourth-order valence-corrected chi connectivity index (χ4v) is 5.31. The van der Waals surface area contributed by atoms with Gasteiger partial charge in [0, 0.05) is 36.3 Å². The van der Waals surface area contributed by atoms with Crippen molar-refractivity contribution in [2.75, 3.05) is 20.2 Å². The molecule has 5 rings (SSSR count). The molecular formula is C32H33N3O3. The molecule has 3 aromatic carbocycles. The van der Waals surface area contributed by atoms with Gasteiger partial charge in [-0.1, -0.05) is 66.7 Å². The molecule has 0 saturated heterocycles. The minimum atomic E-state index is -0.376. The van der Waals surface area contributed by atoms with Gasteiger partial charge in [0.15, 0.2) is 0 Å². The van der Waals surface area contributed by atoms with E-state index < -0.39 is 0 Å². The molecule has 194 valence electrons. The number of methoxy groups -OCH3 is 1. The van der Waals surface area contributed by atoms with Crippen LogP contribution in [-0.4, -0.2) is 42.1 Å². The van der Waals surface area contributed by atoms with Crippen molar-refractivity contribution in [3.05, 3.63) is 113 Å². The van der Waals surface area contributed by atoms with Crippen LogP contribution in [0.15, 0.2) is 85.1 Å². The van der Waals surface area contributed by atoms with Gasteiger partial charge in [-0.05, 0) is 65.6 Å². The van der Waals surface area contributed by atoms with Gasteiger partial charge in [0.25, 0.3) is 0 Å². The molecule has 2 amide bonds. The van der Waals surface area contributed by atoms with E-state index in [9.17, 15) is 9.59 Å². The standard InChI is InChI=1S/C32H33N3O3/c1-38-31(36)16-12-24-11-14-28-25(21-24)13-15-30(28)35(32(37)33-19-17-23-7-3-2-4-8-23)20-18-26-22-34-29-10-6-5-9-27(26)29/h2-12,14,16,21-22,30,34H,13,15,17-20H2,1H3,(H,33,37)/b16-12+. The monoisotopic (exact) mass is 507 g/mol. The molecule has 0 saturated carbocycles. The highest BCUT2D eigenvalue weighted by molar-refractivity contribution is 5.87. The highest BCUT2D eigenvalue weighted by atomic mass is 16.5.